The van der Waals surface area contributed by atoms with E-state index in [1.54, 1.807) is 12.1 Å². The Morgan fingerprint density at radius 3 is 2.50 bits per heavy atom. The number of hydrogen-bond donors (Lipinski definition) is 1. The zero-order valence-electron chi connectivity index (χ0n) is 11.5. The van der Waals surface area contributed by atoms with E-state index < -0.39 is 15.6 Å². The highest BCUT2D eigenvalue weighted by atomic mass is 32.2. The van der Waals surface area contributed by atoms with Crippen LogP contribution in [0.3, 0.4) is 0 Å². The molecule has 1 rings (SSSR count). The van der Waals surface area contributed by atoms with Crippen LogP contribution in [0.25, 0.3) is 0 Å². The van der Waals surface area contributed by atoms with E-state index >= 15 is 0 Å². The van der Waals surface area contributed by atoms with Crippen LogP contribution in [0, 0.1) is 0 Å². The van der Waals surface area contributed by atoms with Gasteiger partial charge in [0.25, 0.3) is 0 Å². The number of benzene rings is 1. The summed E-state index contributed by atoms with van der Waals surface area (Å²) in [5, 5.41) is 3.13. The number of alkyl halides is 2. The highest BCUT2D eigenvalue weighted by molar-refractivity contribution is 7.91. The predicted molar refractivity (Wildman–Crippen MR) is 72.7 cm³/mol. The first-order valence-corrected chi connectivity index (χ1v) is 7.80. The highest BCUT2D eigenvalue weighted by Gasteiger charge is 2.29. The molecule has 4 nitrogen and oxygen atoms in total. The molecule has 0 saturated heterocycles. The van der Waals surface area contributed by atoms with Crippen molar-refractivity contribution in [2.45, 2.75) is 30.0 Å². The highest BCUT2D eigenvalue weighted by Crippen LogP contribution is 2.23. The summed E-state index contributed by atoms with van der Waals surface area (Å²) in [5.74, 6) is -3.41. The van der Waals surface area contributed by atoms with Gasteiger partial charge in [-0.2, -0.15) is 8.78 Å². The Balaban J connectivity index is 3.07. The maximum absolute atomic E-state index is 12.7. The smallest absolute Gasteiger partial charge is 0.341 e. The number of nitrogens with one attached hydrogen (secondary N) is 1. The molecule has 0 fully saturated rings. The molecule has 0 amide bonds. The van der Waals surface area contributed by atoms with Crippen molar-refractivity contribution in [3.05, 3.63) is 29.8 Å². The Bertz CT molecular complexity index is 514. The van der Waals surface area contributed by atoms with E-state index in [-0.39, 0.29) is 10.9 Å². The number of halogens is 2. The first kappa shape index (κ1) is 17.0. The average Bonchev–Trinajstić information content (AvgIpc) is 2.39. The summed E-state index contributed by atoms with van der Waals surface area (Å²) in [5.41, 5.74) is 0.371. The molecule has 0 heterocycles. The van der Waals surface area contributed by atoms with Gasteiger partial charge in [0.1, 0.15) is 0 Å². The minimum atomic E-state index is -4.58. The van der Waals surface area contributed by atoms with Crippen molar-refractivity contribution >= 4 is 9.84 Å². The van der Waals surface area contributed by atoms with Gasteiger partial charge >= 0.3 is 5.76 Å². The summed E-state index contributed by atoms with van der Waals surface area (Å²) in [4.78, 5) is -0.311. The van der Waals surface area contributed by atoms with Gasteiger partial charge in [-0.3, -0.25) is 0 Å². The van der Waals surface area contributed by atoms with Gasteiger partial charge in [-0.1, -0.05) is 25.1 Å². The van der Waals surface area contributed by atoms with Gasteiger partial charge in [0.15, 0.2) is 0 Å². The number of rotatable bonds is 8. The van der Waals surface area contributed by atoms with Crippen LogP contribution >= 0.6 is 0 Å². The second kappa shape index (κ2) is 7.66. The van der Waals surface area contributed by atoms with Crippen molar-refractivity contribution in [3.63, 3.8) is 0 Å². The Kier molecular flexibility index (Phi) is 6.51. The fourth-order valence-corrected chi connectivity index (χ4v) is 2.97. The third kappa shape index (κ3) is 4.22. The molecule has 1 aromatic rings. The van der Waals surface area contributed by atoms with Crippen molar-refractivity contribution in [2.24, 2.45) is 0 Å². The number of sulfone groups is 1. The van der Waals surface area contributed by atoms with Crippen LogP contribution in [0.5, 0.6) is 0 Å². The molecule has 0 radical (unpaired) electrons. The molecule has 0 aliphatic carbocycles. The van der Waals surface area contributed by atoms with Gasteiger partial charge in [-0.05, 0) is 24.6 Å². The zero-order chi connectivity index (χ0) is 15.2. The van der Waals surface area contributed by atoms with Crippen molar-refractivity contribution in [1.82, 2.24) is 5.32 Å². The Hall–Kier alpha value is -1.05. The van der Waals surface area contributed by atoms with Crippen LogP contribution in [-0.2, 0) is 21.0 Å². The lowest BCUT2D eigenvalue weighted by Crippen LogP contribution is -2.35. The molecule has 114 valence electrons. The Morgan fingerprint density at radius 1 is 1.30 bits per heavy atom. The molecule has 20 heavy (non-hydrogen) atoms. The molecule has 1 unspecified atom stereocenters. The maximum atomic E-state index is 12.7. The summed E-state index contributed by atoms with van der Waals surface area (Å²) in [6.45, 7) is 2.96. The van der Waals surface area contributed by atoms with E-state index in [0.717, 1.165) is 0 Å². The molecule has 0 spiro atoms. The molecule has 0 saturated carbocycles. The number of ether oxygens (including phenoxy) is 1. The molecular weight excluding hydrogens is 288 g/mol. The molecule has 0 aromatic heterocycles. The lowest BCUT2D eigenvalue weighted by molar-refractivity contribution is 0.166. The van der Waals surface area contributed by atoms with E-state index in [0.29, 0.717) is 25.1 Å². The lowest BCUT2D eigenvalue weighted by atomic mass is 10.1. The quantitative estimate of drug-likeness (QED) is 0.796. The summed E-state index contributed by atoms with van der Waals surface area (Å²) < 4.78 is 53.7. The normalized spacial score (nSPS) is 13.7. The largest absolute Gasteiger partial charge is 0.383 e. The van der Waals surface area contributed by atoms with E-state index in [4.69, 9.17) is 4.74 Å². The van der Waals surface area contributed by atoms with Crippen molar-refractivity contribution in [3.8, 4) is 0 Å². The predicted octanol–water partition coefficient (Wildman–Crippen LogP) is 1.85. The summed E-state index contributed by atoms with van der Waals surface area (Å²) in [7, 11) is -3.05. The van der Waals surface area contributed by atoms with E-state index in [1.807, 2.05) is 6.92 Å². The van der Waals surface area contributed by atoms with Crippen LogP contribution in [0.15, 0.2) is 29.2 Å². The van der Waals surface area contributed by atoms with Crippen LogP contribution in [-0.4, -0.2) is 40.5 Å². The molecule has 0 aliphatic heterocycles. The van der Waals surface area contributed by atoms with Crippen molar-refractivity contribution in [2.75, 3.05) is 20.3 Å². The lowest BCUT2D eigenvalue weighted by Gasteiger charge is -2.18. The molecule has 1 aromatic carbocycles. The molecule has 1 atom stereocenters. The average molecular weight is 307 g/mol. The summed E-state index contributed by atoms with van der Waals surface area (Å²) in [6, 6.07) is 5.72. The van der Waals surface area contributed by atoms with E-state index in [1.165, 1.54) is 19.2 Å². The van der Waals surface area contributed by atoms with Crippen molar-refractivity contribution in [1.29, 1.82) is 0 Å². The van der Waals surface area contributed by atoms with Gasteiger partial charge in [0, 0.05) is 13.2 Å². The van der Waals surface area contributed by atoms with Gasteiger partial charge < -0.3 is 10.1 Å². The minimum Gasteiger partial charge on any atom is -0.383 e. The topological polar surface area (TPSA) is 55.4 Å². The fourth-order valence-electron chi connectivity index (χ4n) is 1.99. The molecule has 7 heteroatoms. The summed E-state index contributed by atoms with van der Waals surface area (Å²) >= 11 is 0. The number of hydrogen-bond acceptors (Lipinski definition) is 4. The molecule has 0 aliphatic rings. The minimum absolute atomic E-state index is 0.126. The number of likely N-dealkylation sites (N-methyl/N-ethyl adjacent to an activating group) is 1. The third-order valence-electron chi connectivity index (χ3n) is 2.84. The second-order valence-corrected chi connectivity index (χ2v) is 6.21. The monoisotopic (exact) mass is 307 g/mol. The first-order chi connectivity index (χ1) is 9.43. The van der Waals surface area contributed by atoms with Gasteiger partial charge in [0.05, 0.1) is 11.5 Å². The molecular formula is C13H19F2NO3S. The van der Waals surface area contributed by atoms with Gasteiger partial charge in [-0.25, -0.2) is 8.42 Å². The van der Waals surface area contributed by atoms with E-state index in [9.17, 15) is 17.2 Å². The maximum Gasteiger partial charge on any atom is 0.341 e. The standard InChI is InChI=1S/C13H19F2NO3S/c1-3-16-11(9-19-2)8-10-6-4-5-7-12(10)20(17,18)13(14)15/h4-7,11,13,16H,3,8-9H2,1-2H3. The van der Waals surface area contributed by atoms with Gasteiger partial charge in [-0.15, -0.1) is 0 Å². The number of methoxy groups -OCH3 is 1. The Morgan fingerprint density at radius 2 is 1.95 bits per heavy atom. The SMILES string of the molecule is CCNC(COC)Cc1ccccc1S(=O)(=O)C(F)F. The van der Waals surface area contributed by atoms with Crippen molar-refractivity contribution < 1.29 is 21.9 Å². The van der Waals surface area contributed by atoms with Crippen LogP contribution < -0.4 is 5.32 Å². The molecule has 1 N–H and O–H groups in total. The molecule has 0 bridgehead atoms. The van der Waals surface area contributed by atoms with Gasteiger partial charge in [0.2, 0.25) is 9.84 Å². The zero-order valence-corrected chi connectivity index (χ0v) is 12.3. The summed E-state index contributed by atoms with van der Waals surface area (Å²) in [6.07, 6.45) is 0.309. The first-order valence-electron chi connectivity index (χ1n) is 6.25. The third-order valence-corrected chi connectivity index (χ3v) is 4.32. The van der Waals surface area contributed by atoms with Crippen LogP contribution in [0.1, 0.15) is 12.5 Å². The van der Waals surface area contributed by atoms with E-state index in [2.05, 4.69) is 5.32 Å². The second-order valence-electron chi connectivity index (χ2n) is 4.33. The Labute approximate surface area is 118 Å². The fraction of sp³-hybridized carbons (Fsp3) is 0.538. The van der Waals surface area contributed by atoms with Crippen LogP contribution in [0.4, 0.5) is 8.78 Å². The van der Waals surface area contributed by atoms with Crippen LogP contribution in [0.2, 0.25) is 0 Å².